The predicted molar refractivity (Wildman–Crippen MR) is 49.4 cm³/mol. The highest BCUT2D eigenvalue weighted by Crippen LogP contribution is 2.32. The van der Waals surface area contributed by atoms with Gasteiger partial charge in [0.1, 0.15) is 5.00 Å². The van der Waals surface area contributed by atoms with Gasteiger partial charge in [0, 0.05) is 11.8 Å². The van der Waals surface area contributed by atoms with E-state index in [2.05, 4.69) is 0 Å². The molecule has 0 saturated carbocycles. The molecule has 0 amide bonds. The number of nitrogen functional groups attached to an aromatic ring is 1. The summed E-state index contributed by atoms with van der Waals surface area (Å²) in [4.78, 5) is 11.7. The van der Waals surface area contributed by atoms with Crippen LogP contribution >= 0.6 is 11.3 Å². The summed E-state index contributed by atoms with van der Waals surface area (Å²) >= 11 is 1.46. The largest absolute Gasteiger partial charge is 0.424 e. The molecule has 0 radical (unpaired) electrons. The number of hydrogen-bond acceptors (Lipinski definition) is 4. The van der Waals surface area contributed by atoms with Crippen LogP contribution in [0.1, 0.15) is 18.7 Å². The van der Waals surface area contributed by atoms with Gasteiger partial charge in [-0.1, -0.05) is 6.92 Å². The van der Waals surface area contributed by atoms with E-state index in [4.69, 9.17) is 10.5 Å². The van der Waals surface area contributed by atoms with Crippen molar-refractivity contribution < 1.29 is 9.53 Å². The highest BCUT2D eigenvalue weighted by atomic mass is 32.1. The van der Waals surface area contributed by atoms with E-state index in [0.717, 1.165) is 11.3 Å². The van der Waals surface area contributed by atoms with Crippen LogP contribution in [-0.2, 0) is 11.2 Å². The van der Waals surface area contributed by atoms with Crippen molar-refractivity contribution in [1.29, 1.82) is 0 Å². The number of rotatable bonds is 2. The minimum Gasteiger partial charge on any atom is -0.424 e. The van der Waals surface area contributed by atoms with Gasteiger partial charge in [-0.05, 0) is 12.5 Å². The molecule has 0 aromatic carbocycles. The second-order valence-corrected chi connectivity index (χ2v) is 3.56. The molecule has 1 aromatic rings. The molecule has 0 fully saturated rings. The highest BCUT2D eigenvalue weighted by Gasteiger charge is 2.07. The lowest BCUT2D eigenvalue weighted by Gasteiger charge is -1.96. The molecule has 1 aromatic heterocycles. The first kappa shape index (κ1) is 9.06. The minimum absolute atomic E-state index is 0.331. The zero-order chi connectivity index (χ0) is 9.14. The maximum atomic E-state index is 10.6. The number of carbonyl (C=O) groups excluding carboxylic acids is 1. The lowest BCUT2D eigenvalue weighted by atomic mass is 10.4. The zero-order valence-electron chi connectivity index (χ0n) is 7.09. The molecule has 4 heteroatoms. The van der Waals surface area contributed by atoms with Crippen LogP contribution < -0.4 is 10.5 Å². The van der Waals surface area contributed by atoms with Crippen LogP contribution in [0.4, 0.5) is 5.00 Å². The van der Waals surface area contributed by atoms with E-state index in [1.807, 2.05) is 6.92 Å². The summed E-state index contributed by atoms with van der Waals surface area (Å²) in [6.07, 6.45) is 0.913. The van der Waals surface area contributed by atoms with Crippen molar-refractivity contribution in [1.82, 2.24) is 0 Å². The first-order chi connectivity index (χ1) is 5.63. The molecule has 0 spiro atoms. The normalized spacial score (nSPS) is 9.83. The lowest BCUT2D eigenvalue weighted by molar-refractivity contribution is -0.131. The number of carbonyl (C=O) groups is 1. The molecule has 1 heterocycles. The van der Waals surface area contributed by atoms with Crippen LogP contribution in [-0.4, -0.2) is 5.97 Å². The van der Waals surface area contributed by atoms with Gasteiger partial charge in [-0.2, -0.15) is 0 Å². The summed E-state index contributed by atoms with van der Waals surface area (Å²) in [5.74, 6) is 0.159. The van der Waals surface area contributed by atoms with E-state index in [0.29, 0.717) is 10.8 Å². The standard InChI is InChI=1S/C8H11NO2S/c1-3-6-4-7(8(9)12-6)11-5(2)10/h4H,3,9H2,1-2H3. The maximum absolute atomic E-state index is 10.6. The summed E-state index contributed by atoms with van der Waals surface area (Å²) in [5.41, 5.74) is 5.61. The van der Waals surface area contributed by atoms with Crippen LogP contribution in [0.3, 0.4) is 0 Å². The van der Waals surface area contributed by atoms with Crippen LogP contribution in [0.5, 0.6) is 5.75 Å². The van der Waals surface area contributed by atoms with E-state index in [1.165, 1.54) is 18.3 Å². The Kier molecular flexibility index (Phi) is 2.70. The highest BCUT2D eigenvalue weighted by molar-refractivity contribution is 7.16. The van der Waals surface area contributed by atoms with Crippen molar-refractivity contribution in [2.75, 3.05) is 5.73 Å². The van der Waals surface area contributed by atoms with E-state index in [9.17, 15) is 4.79 Å². The molecule has 0 aliphatic carbocycles. The Labute approximate surface area is 75.1 Å². The summed E-state index contributed by atoms with van der Waals surface area (Å²) in [6, 6.07) is 1.81. The third kappa shape index (κ3) is 1.98. The summed E-state index contributed by atoms with van der Waals surface area (Å²) < 4.78 is 4.87. The number of ether oxygens (including phenoxy) is 1. The molecule has 0 aliphatic rings. The smallest absolute Gasteiger partial charge is 0.308 e. The van der Waals surface area contributed by atoms with Crippen LogP contribution in [0, 0.1) is 0 Å². The van der Waals surface area contributed by atoms with Crippen molar-refractivity contribution in [3.63, 3.8) is 0 Å². The van der Waals surface area contributed by atoms with E-state index in [-0.39, 0.29) is 5.97 Å². The summed E-state index contributed by atoms with van der Waals surface area (Å²) in [7, 11) is 0. The number of esters is 1. The van der Waals surface area contributed by atoms with Crippen molar-refractivity contribution in [3.05, 3.63) is 10.9 Å². The number of anilines is 1. The lowest BCUT2D eigenvalue weighted by Crippen LogP contribution is -2.01. The molecule has 12 heavy (non-hydrogen) atoms. The van der Waals surface area contributed by atoms with Gasteiger partial charge in [0.05, 0.1) is 0 Å². The zero-order valence-corrected chi connectivity index (χ0v) is 7.90. The third-order valence-electron chi connectivity index (χ3n) is 1.38. The molecule has 1 rings (SSSR count). The molecule has 0 bridgehead atoms. The maximum Gasteiger partial charge on any atom is 0.308 e. The van der Waals surface area contributed by atoms with Crippen molar-refractivity contribution in [2.24, 2.45) is 0 Å². The van der Waals surface area contributed by atoms with Gasteiger partial charge in [0.2, 0.25) is 0 Å². The second-order valence-electron chi connectivity index (χ2n) is 2.39. The Morgan fingerprint density at radius 1 is 1.75 bits per heavy atom. The fourth-order valence-electron chi connectivity index (χ4n) is 0.847. The topological polar surface area (TPSA) is 52.3 Å². The van der Waals surface area contributed by atoms with Crippen molar-refractivity contribution in [2.45, 2.75) is 20.3 Å². The van der Waals surface area contributed by atoms with Gasteiger partial charge >= 0.3 is 5.97 Å². The van der Waals surface area contributed by atoms with Gasteiger partial charge in [0.25, 0.3) is 0 Å². The fourth-order valence-corrected chi connectivity index (χ4v) is 1.64. The van der Waals surface area contributed by atoms with Crippen molar-refractivity contribution in [3.8, 4) is 5.75 Å². The fraction of sp³-hybridized carbons (Fsp3) is 0.375. The number of nitrogens with two attached hydrogens (primary N) is 1. The molecule has 2 N–H and O–H groups in total. The quantitative estimate of drug-likeness (QED) is 0.715. The number of hydrogen-bond donors (Lipinski definition) is 1. The molecule has 0 saturated heterocycles. The van der Waals surface area contributed by atoms with Crippen LogP contribution in [0.25, 0.3) is 0 Å². The number of aryl methyl sites for hydroxylation is 1. The summed E-state index contributed by atoms with van der Waals surface area (Å²) in [5, 5.41) is 0.571. The van der Waals surface area contributed by atoms with Crippen LogP contribution in [0.15, 0.2) is 6.07 Å². The summed E-state index contributed by atoms with van der Waals surface area (Å²) in [6.45, 7) is 3.39. The van der Waals surface area contributed by atoms with Gasteiger partial charge in [-0.15, -0.1) is 11.3 Å². The second kappa shape index (κ2) is 3.58. The van der Waals surface area contributed by atoms with Gasteiger partial charge in [-0.3, -0.25) is 4.79 Å². The molecular weight excluding hydrogens is 174 g/mol. The van der Waals surface area contributed by atoms with Crippen LogP contribution in [0.2, 0.25) is 0 Å². The Morgan fingerprint density at radius 3 is 2.83 bits per heavy atom. The van der Waals surface area contributed by atoms with E-state index < -0.39 is 0 Å². The first-order valence-electron chi connectivity index (χ1n) is 3.70. The van der Waals surface area contributed by atoms with E-state index in [1.54, 1.807) is 6.07 Å². The average Bonchev–Trinajstić information content (AvgIpc) is 2.31. The minimum atomic E-state index is -0.331. The average molecular weight is 185 g/mol. The molecule has 66 valence electrons. The van der Waals surface area contributed by atoms with Gasteiger partial charge in [0.15, 0.2) is 5.75 Å². The SMILES string of the molecule is CCc1cc(OC(C)=O)c(N)s1. The predicted octanol–water partition coefficient (Wildman–Crippen LogP) is 1.82. The Morgan fingerprint density at radius 2 is 2.42 bits per heavy atom. The monoisotopic (exact) mass is 185 g/mol. The Hall–Kier alpha value is -1.03. The Balaban J connectivity index is 2.84. The molecule has 0 unspecified atom stereocenters. The third-order valence-corrected chi connectivity index (χ3v) is 2.47. The first-order valence-corrected chi connectivity index (χ1v) is 4.51. The number of thiophene rings is 1. The van der Waals surface area contributed by atoms with E-state index >= 15 is 0 Å². The molecule has 3 nitrogen and oxygen atoms in total. The van der Waals surface area contributed by atoms with Crippen molar-refractivity contribution >= 4 is 22.3 Å². The van der Waals surface area contributed by atoms with Gasteiger partial charge < -0.3 is 10.5 Å². The van der Waals surface area contributed by atoms with Gasteiger partial charge in [-0.25, -0.2) is 0 Å². The molecular formula is C8H11NO2S. The molecule has 0 atom stereocenters. The molecule has 0 aliphatic heterocycles. The Bertz CT molecular complexity index is 293.